The molecule has 0 spiro atoms. The van der Waals surface area contributed by atoms with Gasteiger partial charge in [-0.05, 0) is 24.6 Å². The van der Waals surface area contributed by atoms with E-state index >= 15 is 0 Å². The van der Waals surface area contributed by atoms with E-state index in [1.165, 1.54) is 24.3 Å². The first kappa shape index (κ1) is 16.5. The Morgan fingerprint density at radius 2 is 1.74 bits per heavy atom. The summed E-state index contributed by atoms with van der Waals surface area (Å²) in [5.41, 5.74) is 0.780. The predicted molar refractivity (Wildman–Crippen MR) is 88.3 cm³/mol. The number of nitrogens with one attached hydrogen (secondary N) is 1. The first-order valence-corrected chi connectivity index (χ1v) is 7.48. The summed E-state index contributed by atoms with van der Waals surface area (Å²) in [6, 6.07) is 10.6. The molecule has 0 atom stereocenters. The van der Waals surface area contributed by atoms with Crippen molar-refractivity contribution in [2.24, 2.45) is 0 Å². The number of unbranched alkanes of at least 4 members (excludes halogenated alkanes) is 1. The van der Waals surface area contributed by atoms with E-state index in [4.69, 9.17) is 0 Å². The Balaban J connectivity index is 2.28. The van der Waals surface area contributed by atoms with E-state index in [-0.39, 0.29) is 22.4 Å². The smallest absolute Gasteiger partial charge is 0.336 e. The van der Waals surface area contributed by atoms with E-state index in [1.54, 1.807) is 18.2 Å². The lowest BCUT2D eigenvalue weighted by atomic mass is 9.97. The van der Waals surface area contributed by atoms with Gasteiger partial charge in [-0.2, -0.15) is 0 Å². The largest absolute Gasteiger partial charge is 0.507 e. The number of hydrogen-bond donors (Lipinski definition) is 3. The number of phenolic OH excluding ortho intramolecular Hbond substituents is 1. The number of carboxylic acid groups (broad SMARTS) is 1. The second-order valence-corrected chi connectivity index (χ2v) is 5.19. The van der Waals surface area contributed by atoms with Crippen molar-refractivity contribution in [3.8, 4) is 5.75 Å². The van der Waals surface area contributed by atoms with Crippen LogP contribution in [0.25, 0.3) is 0 Å². The average molecular weight is 313 g/mol. The predicted octanol–water partition coefficient (Wildman–Crippen LogP) is 3.53. The van der Waals surface area contributed by atoms with Crippen molar-refractivity contribution in [2.45, 2.75) is 19.8 Å². The molecule has 0 radical (unpaired) electrons. The molecule has 0 amide bonds. The Bertz CT molecular complexity index is 725. The summed E-state index contributed by atoms with van der Waals surface area (Å²) in [6.45, 7) is 2.87. The Morgan fingerprint density at radius 3 is 2.35 bits per heavy atom. The molecule has 0 aliphatic heterocycles. The van der Waals surface area contributed by atoms with Crippen LogP contribution in [0.3, 0.4) is 0 Å². The van der Waals surface area contributed by atoms with Crippen molar-refractivity contribution in [1.82, 2.24) is 0 Å². The Morgan fingerprint density at radius 1 is 1.04 bits per heavy atom. The fourth-order valence-corrected chi connectivity index (χ4v) is 2.26. The zero-order valence-corrected chi connectivity index (χ0v) is 12.9. The summed E-state index contributed by atoms with van der Waals surface area (Å²) in [5.74, 6) is -1.86. The normalized spacial score (nSPS) is 10.3. The van der Waals surface area contributed by atoms with Crippen LogP contribution < -0.4 is 5.32 Å². The second kappa shape index (κ2) is 7.45. The maximum atomic E-state index is 12.5. The second-order valence-electron chi connectivity index (χ2n) is 5.19. The highest BCUT2D eigenvalue weighted by Gasteiger charge is 2.19. The number of aromatic carboxylic acids is 1. The van der Waals surface area contributed by atoms with Gasteiger partial charge < -0.3 is 15.5 Å². The Labute approximate surface area is 134 Å². The Hall–Kier alpha value is -2.82. The summed E-state index contributed by atoms with van der Waals surface area (Å²) >= 11 is 0. The minimum atomic E-state index is -1.17. The molecular weight excluding hydrogens is 294 g/mol. The molecule has 5 heteroatoms. The number of carbonyl (C=O) groups is 2. The maximum absolute atomic E-state index is 12.5. The van der Waals surface area contributed by atoms with Crippen molar-refractivity contribution >= 4 is 17.4 Å². The van der Waals surface area contributed by atoms with Gasteiger partial charge in [0.2, 0.25) is 0 Å². The number of benzene rings is 2. The summed E-state index contributed by atoms with van der Waals surface area (Å²) in [7, 11) is 0. The fourth-order valence-electron chi connectivity index (χ4n) is 2.26. The average Bonchev–Trinajstić information content (AvgIpc) is 2.54. The minimum Gasteiger partial charge on any atom is -0.507 e. The third-order valence-corrected chi connectivity index (χ3v) is 3.50. The van der Waals surface area contributed by atoms with Gasteiger partial charge in [-0.25, -0.2) is 4.79 Å². The van der Waals surface area contributed by atoms with E-state index in [0.717, 1.165) is 25.1 Å². The number of ketones is 1. The van der Waals surface area contributed by atoms with Crippen LogP contribution >= 0.6 is 0 Å². The monoisotopic (exact) mass is 313 g/mol. The van der Waals surface area contributed by atoms with Crippen LogP contribution in [0, 0.1) is 0 Å². The summed E-state index contributed by atoms with van der Waals surface area (Å²) < 4.78 is 0. The number of rotatable bonds is 7. The molecule has 0 bridgehead atoms. The van der Waals surface area contributed by atoms with Gasteiger partial charge in [0.25, 0.3) is 0 Å². The van der Waals surface area contributed by atoms with E-state index in [2.05, 4.69) is 12.2 Å². The number of phenols is 1. The minimum absolute atomic E-state index is 0.0574. The van der Waals surface area contributed by atoms with Crippen molar-refractivity contribution in [2.75, 3.05) is 11.9 Å². The van der Waals surface area contributed by atoms with Gasteiger partial charge in [0.1, 0.15) is 5.75 Å². The molecule has 0 saturated carbocycles. The maximum Gasteiger partial charge on any atom is 0.336 e. The molecule has 5 nitrogen and oxygen atoms in total. The van der Waals surface area contributed by atoms with Gasteiger partial charge >= 0.3 is 5.97 Å². The third-order valence-electron chi connectivity index (χ3n) is 3.50. The van der Waals surface area contributed by atoms with Gasteiger partial charge in [0.05, 0.1) is 11.1 Å². The van der Waals surface area contributed by atoms with Crippen LogP contribution in [-0.2, 0) is 0 Å². The van der Waals surface area contributed by atoms with E-state index < -0.39 is 11.8 Å². The molecule has 0 unspecified atom stereocenters. The first-order chi connectivity index (χ1) is 11.0. The van der Waals surface area contributed by atoms with Crippen LogP contribution in [0.5, 0.6) is 5.75 Å². The van der Waals surface area contributed by atoms with Gasteiger partial charge in [-0.3, -0.25) is 4.79 Å². The first-order valence-electron chi connectivity index (χ1n) is 7.48. The van der Waals surface area contributed by atoms with Crippen molar-refractivity contribution in [3.05, 3.63) is 59.2 Å². The van der Waals surface area contributed by atoms with Crippen molar-refractivity contribution in [3.63, 3.8) is 0 Å². The molecule has 2 rings (SSSR count). The zero-order valence-electron chi connectivity index (χ0n) is 12.9. The van der Waals surface area contributed by atoms with Gasteiger partial charge in [0.15, 0.2) is 5.78 Å². The SMILES string of the molecule is CCCCNc1ccc(C(=O)c2ccccc2C(=O)O)c(O)c1. The highest BCUT2D eigenvalue weighted by molar-refractivity contribution is 6.15. The summed E-state index contributed by atoms with van der Waals surface area (Å²) in [6.07, 6.45) is 2.06. The lowest BCUT2D eigenvalue weighted by Crippen LogP contribution is -2.10. The topological polar surface area (TPSA) is 86.6 Å². The lowest BCUT2D eigenvalue weighted by Gasteiger charge is -2.10. The van der Waals surface area contributed by atoms with Crippen molar-refractivity contribution < 1.29 is 19.8 Å². The van der Waals surface area contributed by atoms with E-state index in [0.29, 0.717) is 0 Å². The van der Waals surface area contributed by atoms with E-state index in [1.807, 2.05) is 0 Å². The number of anilines is 1. The van der Waals surface area contributed by atoms with E-state index in [9.17, 15) is 19.8 Å². The molecule has 0 saturated heterocycles. The van der Waals surface area contributed by atoms with Gasteiger partial charge in [-0.1, -0.05) is 31.5 Å². The molecule has 0 aliphatic carbocycles. The molecule has 23 heavy (non-hydrogen) atoms. The lowest BCUT2D eigenvalue weighted by molar-refractivity contribution is 0.0692. The quantitative estimate of drug-likeness (QED) is 0.537. The number of aromatic hydroxyl groups is 1. The van der Waals surface area contributed by atoms with Gasteiger partial charge in [-0.15, -0.1) is 0 Å². The molecule has 0 aliphatic rings. The molecule has 3 N–H and O–H groups in total. The molecule has 2 aromatic carbocycles. The fraction of sp³-hybridized carbons (Fsp3) is 0.222. The summed E-state index contributed by atoms with van der Waals surface area (Å²) in [5, 5.41) is 22.4. The standard InChI is InChI=1S/C18H19NO4/c1-2-3-10-19-12-8-9-15(16(20)11-12)17(21)13-6-4-5-7-14(13)18(22)23/h4-9,11,19-20H,2-3,10H2,1H3,(H,22,23). The molecular formula is C18H19NO4. The highest BCUT2D eigenvalue weighted by Crippen LogP contribution is 2.25. The van der Waals surface area contributed by atoms with Crippen LogP contribution in [0.15, 0.2) is 42.5 Å². The zero-order chi connectivity index (χ0) is 16.8. The van der Waals surface area contributed by atoms with Crippen molar-refractivity contribution in [1.29, 1.82) is 0 Å². The Kier molecular flexibility index (Phi) is 5.36. The molecule has 0 aromatic heterocycles. The molecule has 120 valence electrons. The number of hydrogen-bond acceptors (Lipinski definition) is 4. The van der Waals surface area contributed by atoms with Gasteiger partial charge in [0, 0.05) is 23.9 Å². The van der Waals surface area contributed by atoms with Crippen LogP contribution in [-0.4, -0.2) is 28.5 Å². The third kappa shape index (κ3) is 3.88. The molecule has 0 fully saturated rings. The van der Waals surface area contributed by atoms with Crippen LogP contribution in [0.1, 0.15) is 46.0 Å². The number of carboxylic acids is 1. The molecule has 0 heterocycles. The number of carbonyl (C=O) groups excluding carboxylic acids is 1. The summed E-state index contributed by atoms with van der Waals surface area (Å²) in [4.78, 5) is 23.7. The highest BCUT2D eigenvalue weighted by atomic mass is 16.4. The molecule has 2 aromatic rings. The van der Waals surface area contributed by atoms with Crippen LogP contribution in [0.2, 0.25) is 0 Å². The van der Waals surface area contributed by atoms with Crippen LogP contribution in [0.4, 0.5) is 5.69 Å².